The minimum atomic E-state index is -0.323. The van der Waals surface area contributed by atoms with Crippen molar-refractivity contribution in [3.05, 3.63) is 54.1 Å². The van der Waals surface area contributed by atoms with Gasteiger partial charge >= 0.3 is 5.97 Å². The summed E-state index contributed by atoms with van der Waals surface area (Å²) in [4.78, 5) is 15.3. The van der Waals surface area contributed by atoms with Crippen LogP contribution in [0.3, 0.4) is 0 Å². The van der Waals surface area contributed by atoms with E-state index >= 15 is 0 Å². The molecule has 0 atom stereocenters. The quantitative estimate of drug-likeness (QED) is 0.738. The van der Waals surface area contributed by atoms with Gasteiger partial charge in [0, 0.05) is 18.5 Å². The molecule has 5 heteroatoms. The lowest BCUT2D eigenvalue weighted by molar-refractivity contribution is -0.142. The van der Waals surface area contributed by atoms with Crippen LogP contribution in [0.5, 0.6) is 0 Å². The van der Waals surface area contributed by atoms with Gasteiger partial charge in [-0.2, -0.15) is 0 Å². The minimum absolute atomic E-state index is 0.279. The topological polar surface area (TPSA) is 53.4 Å². The van der Waals surface area contributed by atoms with Crippen molar-refractivity contribution in [3.8, 4) is 0 Å². The second-order valence-electron chi connectivity index (χ2n) is 5.90. The van der Waals surface area contributed by atoms with Crippen LogP contribution in [-0.2, 0) is 33.0 Å². The molecule has 0 radical (unpaired) electrons. The highest BCUT2D eigenvalue weighted by molar-refractivity contribution is 5.66. The summed E-state index contributed by atoms with van der Waals surface area (Å²) in [6.07, 6.45) is 3.66. The Bertz CT molecular complexity index is 605. The van der Waals surface area contributed by atoms with Crippen LogP contribution in [0.1, 0.15) is 32.0 Å². The lowest BCUT2D eigenvalue weighted by atomic mass is 9.91. The number of imidazole rings is 1. The second-order valence-corrected chi connectivity index (χ2v) is 5.90. The Morgan fingerprint density at radius 2 is 2.00 bits per heavy atom. The third-order valence-corrected chi connectivity index (χ3v) is 3.31. The first-order valence-corrected chi connectivity index (χ1v) is 7.25. The molecule has 0 saturated carbocycles. The average molecular weight is 302 g/mol. The summed E-state index contributed by atoms with van der Waals surface area (Å²) >= 11 is 0. The molecule has 0 aliphatic carbocycles. The van der Waals surface area contributed by atoms with Crippen molar-refractivity contribution in [2.75, 3.05) is 6.61 Å². The van der Waals surface area contributed by atoms with E-state index in [1.165, 1.54) is 6.92 Å². The zero-order valence-corrected chi connectivity index (χ0v) is 13.3. The molecule has 118 valence electrons. The first-order chi connectivity index (χ1) is 10.5. The SMILES string of the molecule is CC(=O)OCC(C)(C)c1cn(COCc2ccccc2)cn1. The smallest absolute Gasteiger partial charge is 0.302 e. The van der Waals surface area contributed by atoms with Crippen molar-refractivity contribution in [2.24, 2.45) is 0 Å². The number of ether oxygens (including phenoxy) is 2. The molecule has 0 saturated heterocycles. The number of aromatic nitrogens is 2. The number of hydrogen-bond acceptors (Lipinski definition) is 4. The van der Waals surface area contributed by atoms with Crippen LogP contribution < -0.4 is 0 Å². The van der Waals surface area contributed by atoms with Crippen LogP contribution in [0, 0.1) is 0 Å². The predicted octanol–water partition coefficient (Wildman–Crippen LogP) is 2.90. The summed E-state index contributed by atoms with van der Waals surface area (Å²) in [5.41, 5.74) is 1.69. The van der Waals surface area contributed by atoms with Crippen LogP contribution in [0.2, 0.25) is 0 Å². The van der Waals surface area contributed by atoms with Gasteiger partial charge in [0.25, 0.3) is 0 Å². The van der Waals surface area contributed by atoms with Gasteiger partial charge in [-0.3, -0.25) is 4.79 Å². The van der Waals surface area contributed by atoms with Gasteiger partial charge < -0.3 is 14.0 Å². The van der Waals surface area contributed by atoms with E-state index in [-0.39, 0.29) is 11.4 Å². The zero-order valence-electron chi connectivity index (χ0n) is 13.3. The van der Waals surface area contributed by atoms with E-state index in [0.717, 1.165) is 11.3 Å². The fourth-order valence-corrected chi connectivity index (χ4v) is 1.98. The molecule has 1 heterocycles. The van der Waals surface area contributed by atoms with E-state index in [0.29, 0.717) is 19.9 Å². The first-order valence-electron chi connectivity index (χ1n) is 7.25. The molecule has 5 nitrogen and oxygen atoms in total. The van der Waals surface area contributed by atoms with Crippen LogP contribution in [0.25, 0.3) is 0 Å². The number of nitrogens with zero attached hydrogens (tertiary/aromatic N) is 2. The van der Waals surface area contributed by atoms with E-state index in [1.54, 1.807) is 6.33 Å². The lowest BCUT2D eigenvalue weighted by Crippen LogP contribution is -2.26. The molecule has 0 amide bonds. The number of carbonyl (C=O) groups excluding carboxylic acids is 1. The van der Waals surface area contributed by atoms with E-state index in [4.69, 9.17) is 9.47 Å². The van der Waals surface area contributed by atoms with Gasteiger partial charge in [0.2, 0.25) is 0 Å². The molecule has 0 unspecified atom stereocenters. The summed E-state index contributed by atoms with van der Waals surface area (Å²) in [6.45, 7) is 6.70. The molecule has 0 fully saturated rings. The summed E-state index contributed by atoms with van der Waals surface area (Å²) in [5.74, 6) is -0.279. The van der Waals surface area contributed by atoms with Crippen molar-refractivity contribution in [1.29, 1.82) is 0 Å². The maximum absolute atomic E-state index is 10.9. The standard InChI is InChI=1S/C17H22N2O3/c1-14(20)22-11-17(2,3)16-9-19(12-18-16)13-21-10-15-7-5-4-6-8-15/h4-9,12H,10-11,13H2,1-3H3. The van der Waals surface area contributed by atoms with Gasteiger partial charge in [-0.15, -0.1) is 0 Å². The highest BCUT2D eigenvalue weighted by Gasteiger charge is 2.25. The second kappa shape index (κ2) is 7.22. The van der Waals surface area contributed by atoms with Crippen molar-refractivity contribution in [2.45, 2.75) is 39.5 Å². The molecule has 1 aromatic carbocycles. The van der Waals surface area contributed by atoms with Crippen LogP contribution in [-0.4, -0.2) is 22.1 Å². The maximum atomic E-state index is 10.9. The molecule has 0 N–H and O–H groups in total. The Morgan fingerprint density at radius 3 is 2.68 bits per heavy atom. The Morgan fingerprint density at radius 1 is 1.27 bits per heavy atom. The number of benzene rings is 1. The van der Waals surface area contributed by atoms with E-state index in [9.17, 15) is 4.79 Å². The van der Waals surface area contributed by atoms with Gasteiger partial charge in [0.15, 0.2) is 0 Å². The van der Waals surface area contributed by atoms with Gasteiger partial charge in [-0.05, 0) is 5.56 Å². The summed E-state index contributed by atoms with van der Waals surface area (Å²) in [6, 6.07) is 10.0. The molecular weight excluding hydrogens is 280 g/mol. The Labute approximate surface area is 130 Å². The highest BCUT2D eigenvalue weighted by Crippen LogP contribution is 2.21. The van der Waals surface area contributed by atoms with Crippen LogP contribution in [0.15, 0.2) is 42.9 Å². The molecule has 0 spiro atoms. The molecule has 0 bridgehead atoms. The number of esters is 1. The first kappa shape index (κ1) is 16.2. The Hall–Kier alpha value is -2.14. The summed E-state index contributed by atoms with van der Waals surface area (Å²) < 4.78 is 12.6. The molecule has 0 aliphatic rings. The van der Waals surface area contributed by atoms with Crippen molar-refractivity contribution in [1.82, 2.24) is 9.55 Å². The summed E-state index contributed by atoms with van der Waals surface area (Å²) in [5, 5.41) is 0. The van der Waals surface area contributed by atoms with Crippen molar-refractivity contribution >= 4 is 5.97 Å². The third kappa shape index (κ3) is 4.70. The minimum Gasteiger partial charge on any atom is -0.465 e. The normalized spacial score (nSPS) is 11.4. The average Bonchev–Trinajstić information content (AvgIpc) is 2.96. The number of rotatable bonds is 7. The molecule has 0 aliphatic heterocycles. The van der Waals surface area contributed by atoms with Crippen molar-refractivity contribution < 1.29 is 14.3 Å². The van der Waals surface area contributed by atoms with Crippen LogP contribution >= 0.6 is 0 Å². The maximum Gasteiger partial charge on any atom is 0.302 e. The van der Waals surface area contributed by atoms with Crippen LogP contribution in [0.4, 0.5) is 0 Å². The number of carbonyl (C=O) groups is 1. The molecule has 2 aromatic rings. The molecule has 1 aromatic heterocycles. The zero-order chi connectivity index (χ0) is 16.0. The molecular formula is C17H22N2O3. The Balaban J connectivity index is 1.87. The fourth-order valence-electron chi connectivity index (χ4n) is 1.98. The van der Waals surface area contributed by atoms with Gasteiger partial charge in [-0.1, -0.05) is 44.2 Å². The van der Waals surface area contributed by atoms with E-state index < -0.39 is 0 Å². The molecule has 22 heavy (non-hydrogen) atoms. The van der Waals surface area contributed by atoms with Gasteiger partial charge in [0.1, 0.15) is 13.3 Å². The van der Waals surface area contributed by atoms with Gasteiger partial charge in [0.05, 0.1) is 18.6 Å². The Kier molecular flexibility index (Phi) is 5.33. The molecule has 2 rings (SSSR count). The summed E-state index contributed by atoms with van der Waals surface area (Å²) in [7, 11) is 0. The van der Waals surface area contributed by atoms with E-state index in [2.05, 4.69) is 4.98 Å². The van der Waals surface area contributed by atoms with Crippen molar-refractivity contribution in [3.63, 3.8) is 0 Å². The van der Waals surface area contributed by atoms with E-state index in [1.807, 2.05) is 54.9 Å². The highest BCUT2D eigenvalue weighted by atomic mass is 16.5. The fraction of sp³-hybridized carbons (Fsp3) is 0.412. The number of hydrogen-bond donors (Lipinski definition) is 0. The van der Waals surface area contributed by atoms with Gasteiger partial charge in [-0.25, -0.2) is 4.98 Å². The predicted molar refractivity (Wildman–Crippen MR) is 83.1 cm³/mol. The third-order valence-electron chi connectivity index (χ3n) is 3.31. The largest absolute Gasteiger partial charge is 0.465 e. The lowest BCUT2D eigenvalue weighted by Gasteiger charge is -2.21. The monoisotopic (exact) mass is 302 g/mol.